The van der Waals surface area contributed by atoms with Crippen LogP contribution in [0.25, 0.3) is 0 Å². The predicted octanol–water partition coefficient (Wildman–Crippen LogP) is 0.794. The van der Waals surface area contributed by atoms with Crippen LogP contribution in [0.3, 0.4) is 0 Å². The van der Waals surface area contributed by atoms with Gasteiger partial charge in [0.05, 0.1) is 13.2 Å². The van der Waals surface area contributed by atoms with E-state index in [0.29, 0.717) is 0 Å². The number of hydrogen-bond donors (Lipinski definition) is 2. The monoisotopic (exact) mass is 327 g/mol. The lowest BCUT2D eigenvalue weighted by atomic mass is 10.1. The van der Waals surface area contributed by atoms with Gasteiger partial charge in [-0.1, -0.05) is 0 Å². The first-order valence-electron chi connectivity index (χ1n) is 7.01. The zero-order valence-corrected chi connectivity index (χ0v) is 13.7. The molecular weight excluding hydrogens is 301 g/mol. The van der Waals surface area contributed by atoms with Crippen LogP contribution in [0.4, 0.5) is 0 Å². The summed E-state index contributed by atoms with van der Waals surface area (Å²) in [5.74, 6) is 0.316. The summed E-state index contributed by atoms with van der Waals surface area (Å²) < 4.78 is 5.31. The minimum absolute atomic E-state index is 0. The second-order valence-electron chi connectivity index (χ2n) is 5.59. The average molecular weight is 328 g/mol. The highest BCUT2D eigenvalue weighted by molar-refractivity contribution is 5.85. The second kappa shape index (κ2) is 9.79. The Balaban J connectivity index is 0.00000180. The van der Waals surface area contributed by atoms with E-state index in [0.717, 1.165) is 52.1 Å². The maximum Gasteiger partial charge on any atom is 0.223 e. The van der Waals surface area contributed by atoms with E-state index in [1.807, 2.05) is 0 Å². The topological polar surface area (TPSA) is 67.6 Å². The molecule has 0 aromatic rings. The number of ether oxygens (including phenoxy) is 1. The fraction of sp³-hybridized carbons (Fsp3) is 0.923. The Bertz CT molecular complexity index is 289. The van der Waals surface area contributed by atoms with Crippen LogP contribution >= 0.6 is 24.8 Å². The van der Waals surface area contributed by atoms with Gasteiger partial charge in [-0.15, -0.1) is 24.8 Å². The summed E-state index contributed by atoms with van der Waals surface area (Å²) >= 11 is 0. The van der Waals surface area contributed by atoms with E-state index in [1.54, 1.807) is 0 Å². The Morgan fingerprint density at radius 2 is 2.00 bits per heavy atom. The Labute approximate surface area is 133 Å². The van der Waals surface area contributed by atoms with Crippen molar-refractivity contribution >= 4 is 30.7 Å². The van der Waals surface area contributed by atoms with E-state index >= 15 is 0 Å². The van der Waals surface area contributed by atoms with Crippen molar-refractivity contribution in [1.29, 1.82) is 0 Å². The van der Waals surface area contributed by atoms with Gasteiger partial charge < -0.3 is 15.8 Å². The number of nitrogens with two attached hydrogens (primary N) is 1. The van der Waals surface area contributed by atoms with Crippen molar-refractivity contribution in [2.24, 2.45) is 11.7 Å². The minimum Gasteiger partial charge on any atom is -0.379 e. The van der Waals surface area contributed by atoms with Crippen LogP contribution in [0.2, 0.25) is 0 Å². The van der Waals surface area contributed by atoms with E-state index in [9.17, 15) is 4.79 Å². The highest BCUT2D eigenvalue weighted by Crippen LogP contribution is 2.24. The maximum atomic E-state index is 12.0. The second-order valence-corrected chi connectivity index (χ2v) is 5.59. The molecule has 0 bridgehead atoms. The summed E-state index contributed by atoms with van der Waals surface area (Å²) in [7, 11) is 0. The Kier molecular flexibility index (Phi) is 9.76. The molecule has 1 saturated carbocycles. The molecule has 120 valence electrons. The van der Waals surface area contributed by atoms with Crippen LogP contribution in [-0.4, -0.2) is 55.7 Å². The predicted molar refractivity (Wildman–Crippen MR) is 84.7 cm³/mol. The van der Waals surface area contributed by atoms with Gasteiger partial charge in [-0.2, -0.15) is 0 Å². The molecule has 1 amide bonds. The third-order valence-corrected chi connectivity index (χ3v) is 3.87. The largest absolute Gasteiger partial charge is 0.379 e. The van der Waals surface area contributed by atoms with E-state index in [4.69, 9.17) is 10.5 Å². The quantitative estimate of drug-likeness (QED) is 0.801. The van der Waals surface area contributed by atoms with Crippen LogP contribution in [-0.2, 0) is 9.53 Å². The first kappa shape index (κ1) is 19.9. The number of rotatable bonds is 4. The molecule has 1 heterocycles. The van der Waals surface area contributed by atoms with Crippen molar-refractivity contribution in [3.8, 4) is 0 Å². The van der Waals surface area contributed by atoms with Crippen LogP contribution < -0.4 is 11.1 Å². The number of hydrogen-bond acceptors (Lipinski definition) is 4. The number of carbonyl (C=O) groups is 1. The molecule has 1 aliphatic carbocycles. The number of morpholine rings is 1. The average Bonchev–Trinajstić information content (AvgIpc) is 2.77. The summed E-state index contributed by atoms with van der Waals surface area (Å²) in [6, 6.07) is 0.419. The molecule has 2 fully saturated rings. The van der Waals surface area contributed by atoms with Crippen LogP contribution in [0, 0.1) is 5.92 Å². The molecule has 0 aromatic carbocycles. The maximum absolute atomic E-state index is 12.0. The van der Waals surface area contributed by atoms with Gasteiger partial charge in [-0.25, -0.2) is 0 Å². The molecule has 7 heteroatoms. The number of halogens is 2. The third kappa shape index (κ3) is 6.14. The zero-order valence-electron chi connectivity index (χ0n) is 12.0. The number of amides is 1. The third-order valence-electron chi connectivity index (χ3n) is 3.87. The first-order chi connectivity index (χ1) is 8.65. The van der Waals surface area contributed by atoms with Crippen molar-refractivity contribution in [2.45, 2.75) is 38.3 Å². The molecule has 3 N–H and O–H groups in total. The van der Waals surface area contributed by atoms with E-state index in [1.165, 1.54) is 0 Å². The highest BCUT2D eigenvalue weighted by Gasteiger charge is 2.28. The highest BCUT2D eigenvalue weighted by atomic mass is 35.5. The van der Waals surface area contributed by atoms with Crippen molar-refractivity contribution in [1.82, 2.24) is 10.2 Å². The number of nitrogens with zero attached hydrogens (tertiary/aromatic N) is 1. The summed E-state index contributed by atoms with van der Waals surface area (Å²) in [5.41, 5.74) is 5.84. The lowest BCUT2D eigenvalue weighted by Crippen LogP contribution is -2.47. The van der Waals surface area contributed by atoms with Gasteiger partial charge in [0.25, 0.3) is 0 Å². The summed E-state index contributed by atoms with van der Waals surface area (Å²) in [6.07, 6.45) is 2.77. The molecule has 1 aliphatic heterocycles. The van der Waals surface area contributed by atoms with E-state index < -0.39 is 0 Å². The smallest absolute Gasteiger partial charge is 0.223 e. The molecule has 3 atom stereocenters. The van der Waals surface area contributed by atoms with Gasteiger partial charge in [-0.05, 0) is 26.2 Å². The van der Waals surface area contributed by atoms with Crippen LogP contribution in [0.5, 0.6) is 0 Å². The molecular formula is C13H27Cl2N3O2. The Morgan fingerprint density at radius 1 is 1.35 bits per heavy atom. The van der Waals surface area contributed by atoms with Gasteiger partial charge in [0.2, 0.25) is 5.91 Å². The summed E-state index contributed by atoms with van der Waals surface area (Å²) in [5, 5.41) is 3.11. The van der Waals surface area contributed by atoms with Gasteiger partial charge in [0.15, 0.2) is 0 Å². The summed E-state index contributed by atoms with van der Waals surface area (Å²) in [4.78, 5) is 14.4. The van der Waals surface area contributed by atoms with Gasteiger partial charge in [0, 0.05) is 37.6 Å². The SMILES string of the molecule is CC(CN1CCOCC1)NC(=O)C1CCC(N)C1.Cl.Cl. The molecule has 1 saturated heterocycles. The van der Waals surface area contributed by atoms with Crippen molar-refractivity contribution in [2.75, 3.05) is 32.8 Å². The van der Waals surface area contributed by atoms with E-state index in [-0.39, 0.29) is 48.7 Å². The minimum atomic E-state index is 0. The molecule has 5 nitrogen and oxygen atoms in total. The zero-order chi connectivity index (χ0) is 13.0. The van der Waals surface area contributed by atoms with Gasteiger partial charge >= 0.3 is 0 Å². The first-order valence-corrected chi connectivity index (χ1v) is 7.01. The fourth-order valence-corrected chi connectivity index (χ4v) is 2.83. The van der Waals surface area contributed by atoms with Crippen molar-refractivity contribution < 1.29 is 9.53 Å². The lowest BCUT2D eigenvalue weighted by Gasteiger charge is -2.29. The lowest BCUT2D eigenvalue weighted by molar-refractivity contribution is -0.125. The number of carbonyl (C=O) groups excluding carboxylic acids is 1. The molecule has 0 spiro atoms. The molecule has 3 unspecified atom stereocenters. The fourth-order valence-electron chi connectivity index (χ4n) is 2.83. The Hall–Kier alpha value is -0.0700. The van der Waals surface area contributed by atoms with Crippen molar-refractivity contribution in [3.63, 3.8) is 0 Å². The molecule has 2 aliphatic rings. The molecule has 0 aromatic heterocycles. The van der Waals surface area contributed by atoms with Gasteiger partial charge in [0.1, 0.15) is 0 Å². The van der Waals surface area contributed by atoms with Crippen LogP contribution in [0.1, 0.15) is 26.2 Å². The van der Waals surface area contributed by atoms with Crippen LogP contribution in [0.15, 0.2) is 0 Å². The standard InChI is InChI=1S/C13H25N3O2.2ClH/c1-10(9-16-4-6-18-7-5-16)15-13(17)11-2-3-12(14)8-11;;/h10-12H,2-9,14H2,1H3,(H,15,17);2*1H. The molecule has 0 radical (unpaired) electrons. The van der Waals surface area contributed by atoms with Crippen molar-refractivity contribution in [3.05, 3.63) is 0 Å². The van der Waals surface area contributed by atoms with Gasteiger partial charge in [-0.3, -0.25) is 9.69 Å². The normalized spacial score (nSPS) is 28.1. The molecule has 2 rings (SSSR count). The number of nitrogens with one attached hydrogen (secondary N) is 1. The molecule has 20 heavy (non-hydrogen) atoms. The van der Waals surface area contributed by atoms with E-state index in [2.05, 4.69) is 17.1 Å². The summed E-state index contributed by atoms with van der Waals surface area (Å²) in [6.45, 7) is 6.52. The Morgan fingerprint density at radius 3 is 2.55 bits per heavy atom.